The predicted octanol–water partition coefficient (Wildman–Crippen LogP) is 4.56. The van der Waals surface area contributed by atoms with Crippen molar-refractivity contribution in [3.05, 3.63) is 59.0 Å². The van der Waals surface area contributed by atoms with Crippen molar-refractivity contribution < 1.29 is 24.2 Å². The van der Waals surface area contributed by atoms with E-state index in [1.165, 1.54) is 11.8 Å². The number of ether oxygens (including phenoxy) is 2. The van der Waals surface area contributed by atoms with Crippen LogP contribution < -0.4 is 9.47 Å². The Hall–Kier alpha value is -3.26. The van der Waals surface area contributed by atoms with Gasteiger partial charge in [0.05, 0.1) is 17.2 Å². The van der Waals surface area contributed by atoms with Crippen LogP contribution in [0.25, 0.3) is 6.08 Å². The molecule has 8 heteroatoms. The van der Waals surface area contributed by atoms with Crippen LogP contribution in [-0.2, 0) is 9.59 Å². The quantitative estimate of drug-likeness (QED) is 0.575. The summed E-state index contributed by atoms with van der Waals surface area (Å²) in [7, 11) is 0. The van der Waals surface area contributed by atoms with Crippen LogP contribution in [0.4, 0.5) is 5.69 Å². The smallest absolute Gasteiger partial charge is 0.341 e. The number of benzene rings is 2. The number of rotatable bonds is 9. The van der Waals surface area contributed by atoms with Gasteiger partial charge in [-0.15, -0.1) is 0 Å². The zero-order valence-corrected chi connectivity index (χ0v) is 18.2. The number of carbonyl (C=O) groups is 2. The summed E-state index contributed by atoms with van der Waals surface area (Å²) in [4.78, 5) is 30.5. The first kappa shape index (κ1) is 22.4. The largest absolute Gasteiger partial charge is 0.494 e. The SMILES string of the molecule is CCCN1C(=O)C(=Cc2ccc(OCC(=O)O)cc2)SC1=Nc1ccc(OCC)cc1. The highest BCUT2D eigenvalue weighted by Gasteiger charge is 2.32. The van der Waals surface area contributed by atoms with E-state index in [9.17, 15) is 9.59 Å². The first-order chi connectivity index (χ1) is 15.0. The Labute approximate surface area is 185 Å². The van der Waals surface area contributed by atoms with Crippen LogP contribution >= 0.6 is 11.8 Å². The second kappa shape index (κ2) is 10.7. The van der Waals surface area contributed by atoms with Gasteiger partial charge in [0.2, 0.25) is 0 Å². The van der Waals surface area contributed by atoms with E-state index in [1.807, 2.05) is 38.1 Å². The van der Waals surface area contributed by atoms with Gasteiger partial charge in [0.1, 0.15) is 11.5 Å². The van der Waals surface area contributed by atoms with E-state index in [0.717, 1.165) is 23.4 Å². The fourth-order valence-corrected chi connectivity index (χ4v) is 3.89. The van der Waals surface area contributed by atoms with Crippen molar-refractivity contribution in [2.45, 2.75) is 20.3 Å². The van der Waals surface area contributed by atoms with Crippen LogP contribution in [0.5, 0.6) is 11.5 Å². The van der Waals surface area contributed by atoms with E-state index in [0.29, 0.717) is 29.0 Å². The first-order valence-electron chi connectivity index (χ1n) is 9.97. The van der Waals surface area contributed by atoms with Gasteiger partial charge >= 0.3 is 5.97 Å². The molecule has 3 rings (SSSR count). The first-order valence-corrected chi connectivity index (χ1v) is 10.8. The molecule has 1 aliphatic heterocycles. The molecule has 7 nitrogen and oxygen atoms in total. The molecule has 2 aromatic rings. The van der Waals surface area contributed by atoms with Crippen molar-refractivity contribution in [2.24, 2.45) is 4.99 Å². The number of amides is 1. The summed E-state index contributed by atoms with van der Waals surface area (Å²) < 4.78 is 10.6. The molecule has 0 radical (unpaired) electrons. The maximum atomic E-state index is 12.9. The normalized spacial score (nSPS) is 16.2. The molecule has 31 heavy (non-hydrogen) atoms. The number of carboxylic acid groups (broad SMARTS) is 1. The van der Waals surface area contributed by atoms with E-state index < -0.39 is 12.6 Å². The number of aliphatic carboxylic acids is 1. The Morgan fingerprint density at radius 3 is 2.32 bits per heavy atom. The number of amidine groups is 1. The highest BCUT2D eigenvalue weighted by Crippen LogP contribution is 2.34. The molecule has 0 aromatic heterocycles. The number of carbonyl (C=O) groups excluding carboxylic acids is 1. The van der Waals surface area contributed by atoms with Crippen molar-refractivity contribution in [3.8, 4) is 11.5 Å². The van der Waals surface area contributed by atoms with Gasteiger partial charge in [-0.05, 0) is 73.1 Å². The third-order valence-corrected chi connectivity index (χ3v) is 5.25. The van der Waals surface area contributed by atoms with E-state index in [2.05, 4.69) is 4.99 Å². The predicted molar refractivity (Wildman–Crippen MR) is 122 cm³/mol. The number of aliphatic imine (C=N–C) groups is 1. The summed E-state index contributed by atoms with van der Waals surface area (Å²) in [6.45, 7) is 4.74. The average molecular weight is 441 g/mol. The minimum atomic E-state index is -1.03. The molecule has 1 N–H and O–H groups in total. The summed E-state index contributed by atoms with van der Waals surface area (Å²) in [6.07, 6.45) is 2.62. The van der Waals surface area contributed by atoms with Crippen molar-refractivity contribution in [2.75, 3.05) is 19.8 Å². The summed E-state index contributed by atoms with van der Waals surface area (Å²) >= 11 is 1.34. The number of nitrogens with zero attached hydrogens (tertiary/aromatic N) is 2. The van der Waals surface area contributed by atoms with Crippen LogP contribution in [0.1, 0.15) is 25.8 Å². The zero-order valence-electron chi connectivity index (χ0n) is 17.4. The van der Waals surface area contributed by atoms with Gasteiger partial charge in [-0.25, -0.2) is 9.79 Å². The van der Waals surface area contributed by atoms with E-state index in [-0.39, 0.29) is 5.91 Å². The molecule has 1 aliphatic rings. The third-order valence-electron chi connectivity index (χ3n) is 4.25. The molecule has 0 saturated carbocycles. The summed E-state index contributed by atoms with van der Waals surface area (Å²) in [5.41, 5.74) is 1.57. The Bertz CT molecular complexity index is 984. The van der Waals surface area contributed by atoms with Gasteiger partial charge in [0, 0.05) is 6.54 Å². The molecular formula is C23H24N2O5S. The molecule has 0 spiro atoms. The van der Waals surface area contributed by atoms with Gasteiger partial charge < -0.3 is 14.6 Å². The molecular weight excluding hydrogens is 416 g/mol. The standard InChI is InChI=1S/C23H24N2O5S/c1-3-13-25-22(28)20(14-16-5-9-19(10-6-16)30-15-21(26)27)31-23(25)24-17-7-11-18(12-8-17)29-4-2/h5-12,14H,3-4,13,15H2,1-2H3,(H,26,27). The highest BCUT2D eigenvalue weighted by atomic mass is 32.2. The van der Waals surface area contributed by atoms with E-state index in [1.54, 1.807) is 35.2 Å². The van der Waals surface area contributed by atoms with Gasteiger partial charge in [-0.1, -0.05) is 19.1 Å². The monoisotopic (exact) mass is 440 g/mol. The molecule has 1 fully saturated rings. The molecule has 1 saturated heterocycles. The Balaban J connectivity index is 1.79. The lowest BCUT2D eigenvalue weighted by atomic mass is 10.2. The van der Waals surface area contributed by atoms with Crippen molar-refractivity contribution in [1.29, 1.82) is 0 Å². The third kappa shape index (κ3) is 6.11. The summed E-state index contributed by atoms with van der Waals surface area (Å²) in [5.74, 6) is 0.126. The van der Waals surface area contributed by atoms with Crippen LogP contribution in [-0.4, -0.2) is 46.8 Å². The van der Waals surface area contributed by atoms with Gasteiger partial charge in [-0.3, -0.25) is 9.69 Å². The van der Waals surface area contributed by atoms with Crippen LogP contribution in [0.3, 0.4) is 0 Å². The molecule has 2 aromatic carbocycles. The number of hydrogen-bond donors (Lipinski definition) is 1. The molecule has 162 valence electrons. The Kier molecular flexibility index (Phi) is 7.72. The maximum Gasteiger partial charge on any atom is 0.341 e. The fraction of sp³-hybridized carbons (Fsp3) is 0.261. The fourth-order valence-electron chi connectivity index (χ4n) is 2.86. The molecule has 0 unspecified atom stereocenters. The lowest BCUT2D eigenvalue weighted by Gasteiger charge is -2.14. The minimum Gasteiger partial charge on any atom is -0.494 e. The Morgan fingerprint density at radius 1 is 1.06 bits per heavy atom. The number of thioether (sulfide) groups is 1. The van der Waals surface area contributed by atoms with E-state index >= 15 is 0 Å². The minimum absolute atomic E-state index is 0.0808. The number of hydrogen-bond acceptors (Lipinski definition) is 6. The lowest BCUT2D eigenvalue weighted by molar-refractivity contribution is -0.139. The lowest BCUT2D eigenvalue weighted by Crippen LogP contribution is -2.29. The summed E-state index contributed by atoms with van der Waals surface area (Å²) in [5, 5.41) is 9.33. The van der Waals surface area contributed by atoms with Crippen molar-refractivity contribution in [1.82, 2.24) is 4.90 Å². The molecule has 0 bridgehead atoms. The molecule has 0 aliphatic carbocycles. The van der Waals surface area contributed by atoms with Crippen LogP contribution in [0.15, 0.2) is 58.4 Å². The molecule has 1 amide bonds. The average Bonchev–Trinajstić information content (AvgIpc) is 3.04. The van der Waals surface area contributed by atoms with Crippen LogP contribution in [0, 0.1) is 0 Å². The van der Waals surface area contributed by atoms with Gasteiger partial charge in [0.25, 0.3) is 5.91 Å². The number of carboxylic acids is 1. The van der Waals surface area contributed by atoms with Crippen LogP contribution in [0.2, 0.25) is 0 Å². The second-order valence-corrected chi connectivity index (χ2v) is 7.65. The highest BCUT2D eigenvalue weighted by molar-refractivity contribution is 8.18. The molecule has 1 heterocycles. The van der Waals surface area contributed by atoms with E-state index in [4.69, 9.17) is 14.6 Å². The molecule has 0 atom stereocenters. The van der Waals surface area contributed by atoms with Crippen molar-refractivity contribution in [3.63, 3.8) is 0 Å². The Morgan fingerprint density at radius 2 is 1.71 bits per heavy atom. The summed E-state index contributed by atoms with van der Waals surface area (Å²) in [6, 6.07) is 14.4. The maximum absolute atomic E-state index is 12.9. The topological polar surface area (TPSA) is 88.4 Å². The van der Waals surface area contributed by atoms with Gasteiger partial charge in [-0.2, -0.15) is 0 Å². The van der Waals surface area contributed by atoms with Gasteiger partial charge in [0.15, 0.2) is 11.8 Å². The van der Waals surface area contributed by atoms with Crippen molar-refractivity contribution >= 4 is 40.6 Å². The zero-order chi connectivity index (χ0) is 22.2. The second-order valence-electron chi connectivity index (χ2n) is 6.64.